The summed E-state index contributed by atoms with van der Waals surface area (Å²) >= 11 is 1.76. The van der Waals surface area contributed by atoms with Crippen LogP contribution in [-0.2, 0) is 10.0 Å². The monoisotopic (exact) mass is 274 g/mol. The van der Waals surface area contributed by atoms with E-state index in [1.165, 1.54) is 12.4 Å². The number of hydrogen-bond donors (Lipinski definition) is 2. The maximum absolute atomic E-state index is 12.0. The molecule has 0 radical (unpaired) electrons. The molecule has 2 N–H and O–H groups in total. The molecular weight excluding hydrogens is 260 g/mol. The lowest BCUT2D eigenvalue weighted by Gasteiger charge is -2.11. The van der Waals surface area contributed by atoms with E-state index in [9.17, 15) is 8.42 Å². The van der Waals surface area contributed by atoms with E-state index >= 15 is 0 Å². The molecule has 0 amide bonds. The third-order valence-electron chi connectivity index (χ3n) is 2.41. The molecule has 1 aromatic heterocycles. The van der Waals surface area contributed by atoms with Gasteiger partial charge in [-0.2, -0.15) is 11.8 Å². The van der Waals surface area contributed by atoms with E-state index < -0.39 is 10.0 Å². The molecule has 1 unspecified atom stereocenters. The van der Waals surface area contributed by atoms with Crippen molar-refractivity contribution in [1.82, 2.24) is 14.7 Å². The van der Waals surface area contributed by atoms with Crippen LogP contribution >= 0.6 is 11.8 Å². The van der Waals surface area contributed by atoms with E-state index in [1.54, 1.807) is 18.8 Å². The third kappa shape index (κ3) is 3.08. The third-order valence-corrected chi connectivity index (χ3v) is 5.05. The van der Waals surface area contributed by atoms with Gasteiger partial charge in [-0.1, -0.05) is 0 Å². The summed E-state index contributed by atoms with van der Waals surface area (Å²) in [4.78, 5) is 7.89. The van der Waals surface area contributed by atoms with E-state index in [0.29, 0.717) is 5.95 Å². The summed E-state index contributed by atoms with van der Waals surface area (Å²) < 4.78 is 26.6. The summed E-state index contributed by atoms with van der Waals surface area (Å²) in [7, 11) is -1.81. The molecule has 0 aromatic carbocycles. The van der Waals surface area contributed by atoms with Gasteiger partial charge >= 0.3 is 0 Å². The Morgan fingerprint density at radius 2 is 2.12 bits per heavy atom. The number of nitrogens with one attached hydrogen (secondary N) is 2. The van der Waals surface area contributed by atoms with Crippen LogP contribution < -0.4 is 10.0 Å². The van der Waals surface area contributed by atoms with Gasteiger partial charge in [0.15, 0.2) is 0 Å². The van der Waals surface area contributed by atoms with Crippen LogP contribution in [0.4, 0.5) is 5.95 Å². The molecule has 1 aromatic rings. The number of thioether (sulfide) groups is 1. The molecule has 0 aliphatic carbocycles. The van der Waals surface area contributed by atoms with Crippen molar-refractivity contribution in [3.05, 3.63) is 12.4 Å². The zero-order valence-corrected chi connectivity index (χ0v) is 11.0. The average Bonchev–Trinajstić information content (AvgIpc) is 2.81. The average molecular weight is 274 g/mol. The predicted molar refractivity (Wildman–Crippen MR) is 67.6 cm³/mol. The fourth-order valence-corrected chi connectivity index (χ4v) is 3.92. The standard InChI is InChI=1S/C9H14N4O2S2/c1-10-9-11-4-8(5-12-9)17(14,15)13-7-2-3-16-6-7/h4-5,7,13H,2-3,6H2,1H3,(H,10,11,12). The molecule has 1 aliphatic heterocycles. The molecule has 17 heavy (non-hydrogen) atoms. The van der Waals surface area contributed by atoms with E-state index in [2.05, 4.69) is 20.0 Å². The largest absolute Gasteiger partial charge is 0.357 e. The molecule has 1 saturated heterocycles. The minimum atomic E-state index is -3.48. The topological polar surface area (TPSA) is 84.0 Å². The Kier molecular flexibility index (Phi) is 3.85. The summed E-state index contributed by atoms with van der Waals surface area (Å²) in [5.41, 5.74) is 0. The predicted octanol–water partition coefficient (Wildman–Crippen LogP) is 0.302. The normalized spacial score (nSPS) is 20.4. The van der Waals surface area contributed by atoms with Gasteiger partial charge in [0, 0.05) is 18.8 Å². The van der Waals surface area contributed by atoms with E-state index in [0.717, 1.165) is 17.9 Å². The summed E-state index contributed by atoms with van der Waals surface area (Å²) in [6.07, 6.45) is 3.49. The van der Waals surface area contributed by atoms with Crippen LogP contribution in [0.5, 0.6) is 0 Å². The first kappa shape index (κ1) is 12.6. The van der Waals surface area contributed by atoms with Gasteiger partial charge in [-0.15, -0.1) is 0 Å². The minimum Gasteiger partial charge on any atom is -0.357 e. The molecular formula is C9H14N4O2S2. The first-order valence-corrected chi connectivity index (χ1v) is 7.85. The Balaban J connectivity index is 2.12. The summed E-state index contributed by atoms with van der Waals surface area (Å²) in [6.45, 7) is 0. The van der Waals surface area contributed by atoms with Gasteiger partial charge in [-0.25, -0.2) is 23.1 Å². The lowest BCUT2D eigenvalue weighted by atomic mass is 10.3. The SMILES string of the molecule is CNc1ncc(S(=O)(=O)NC2CCSC2)cn1. The fourth-order valence-electron chi connectivity index (χ4n) is 1.50. The van der Waals surface area contributed by atoms with Crippen molar-refractivity contribution in [3.63, 3.8) is 0 Å². The van der Waals surface area contributed by atoms with Gasteiger partial charge in [0.25, 0.3) is 0 Å². The highest BCUT2D eigenvalue weighted by molar-refractivity contribution is 7.99. The highest BCUT2D eigenvalue weighted by atomic mass is 32.2. The van der Waals surface area contributed by atoms with Gasteiger partial charge in [0.2, 0.25) is 16.0 Å². The Bertz CT molecular complexity index is 468. The second-order valence-electron chi connectivity index (χ2n) is 3.67. The van der Waals surface area contributed by atoms with Crippen molar-refractivity contribution in [3.8, 4) is 0 Å². The number of hydrogen-bond acceptors (Lipinski definition) is 6. The van der Waals surface area contributed by atoms with Gasteiger partial charge in [-0.05, 0) is 12.2 Å². The van der Waals surface area contributed by atoms with Crippen LogP contribution in [0.2, 0.25) is 0 Å². The van der Waals surface area contributed by atoms with Gasteiger partial charge in [0.05, 0.1) is 12.4 Å². The minimum absolute atomic E-state index is 0.0222. The van der Waals surface area contributed by atoms with Crippen LogP contribution in [-0.4, -0.2) is 43.0 Å². The highest BCUT2D eigenvalue weighted by Crippen LogP contribution is 2.19. The Morgan fingerprint density at radius 1 is 1.41 bits per heavy atom. The van der Waals surface area contributed by atoms with Crippen LogP contribution in [0.3, 0.4) is 0 Å². The van der Waals surface area contributed by atoms with Crippen molar-refractivity contribution in [2.24, 2.45) is 0 Å². The second-order valence-corrected chi connectivity index (χ2v) is 6.54. The molecule has 1 fully saturated rings. The zero-order chi connectivity index (χ0) is 12.3. The van der Waals surface area contributed by atoms with Crippen LogP contribution in [0, 0.1) is 0 Å². The Morgan fingerprint density at radius 3 is 2.65 bits per heavy atom. The van der Waals surface area contributed by atoms with E-state index in [1.807, 2.05) is 0 Å². The number of nitrogens with zero attached hydrogens (tertiary/aromatic N) is 2. The molecule has 0 saturated carbocycles. The van der Waals surface area contributed by atoms with Crippen molar-refractivity contribution < 1.29 is 8.42 Å². The van der Waals surface area contributed by atoms with Crippen LogP contribution in [0.1, 0.15) is 6.42 Å². The van der Waals surface area contributed by atoms with Crippen molar-refractivity contribution >= 4 is 27.7 Å². The maximum Gasteiger partial charge on any atom is 0.243 e. The number of sulfonamides is 1. The number of aromatic nitrogens is 2. The molecule has 2 heterocycles. The maximum atomic E-state index is 12.0. The zero-order valence-electron chi connectivity index (χ0n) is 9.38. The Labute approximate surface area is 105 Å². The quantitative estimate of drug-likeness (QED) is 0.821. The van der Waals surface area contributed by atoms with Crippen LogP contribution in [0.25, 0.3) is 0 Å². The number of rotatable bonds is 4. The van der Waals surface area contributed by atoms with Gasteiger partial charge in [0.1, 0.15) is 4.90 Å². The fraction of sp³-hybridized carbons (Fsp3) is 0.556. The van der Waals surface area contributed by atoms with Crippen LogP contribution in [0.15, 0.2) is 17.3 Å². The van der Waals surface area contributed by atoms with Gasteiger partial charge in [-0.3, -0.25) is 0 Å². The molecule has 0 spiro atoms. The highest BCUT2D eigenvalue weighted by Gasteiger charge is 2.23. The molecule has 0 bridgehead atoms. The van der Waals surface area contributed by atoms with Gasteiger partial charge < -0.3 is 5.32 Å². The summed E-state index contributed by atoms with van der Waals surface area (Å²) in [5, 5.41) is 2.74. The molecule has 6 nitrogen and oxygen atoms in total. The lowest BCUT2D eigenvalue weighted by Crippen LogP contribution is -2.34. The Hall–Kier alpha value is -0.860. The molecule has 1 aliphatic rings. The van der Waals surface area contributed by atoms with E-state index in [4.69, 9.17) is 0 Å². The smallest absolute Gasteiger partial charge is 0.243 e. The van der Waals surface area contributed by atoms with E-state index in [-0.39, 0.29) is 10.9 Å². The number of anilines is 1. The molecule has 1 atom stereocenters. The molecule has 2 rings (SSSR count). The first-order chi connectivity index (χ1) is 8.12. The van der Waals surface area contributed by atoms with Crippen molar-refractivity contribution in [2.45, 2.75) is 17.4 Å². The lowest BCUT2D eigenvalue weighted by molar-refractivity contribution is 0.562. The summed E-state index contributed by atoms with van der Waals surface area (Å²) in [6, 6.07) is 0.0222. The molecule has 8 heteroatoms. The second kappa shape index (κ2) is 5.19. The molecule has 94 valence electrons. The van der Waals surface area contributed by atoms with Crippen molar-refractivity contribution in [1.29, 1.82) is 0 Å². The first-order valence-electron chi connectivity index (χ1n) is 5.22. The van der Waals surface area contributed by atoms with Crippen molar-refractivity contribution in [2.75, 3.05) is 23.9 Å². The summed E-state index contributed by atoms with van der Waals surface area (Å²) in [5.74, 6) is 2.23.